The van der Waals surface area contributed by atoms with Gasteiger partial charge >= 0.3 is 5.69 Å². The molecule has 0 aliphatic rings. The summed E-state index contributed by atoms with van der Waals surface area (Å²) in [7, 11) is 0. The highest BCUT2D eigenvalue weighted by Gasteiger charge is 2.17. The van der Waals surface area contributed by atoms with Crippen LogP contribution in [0.3, 0.4) is 0 Å². The lowest BCUT2D eigenvalue weighted by atomic mass is 10.1. The van der Waals surface area contributed by atoms with Crippen LogP contribution >= 0.6 is 0 Å². The van der Waals surface area contributed by atoms with Gasteiger partial charge in [0.25, 0.3) is 5.91 Å². The number of nitrogens with zero attached hydrogens (tertiary/aromatic N) is 1. The summed E-state index contributed by atoms with van der Waals surface area (Å²) < 4.78 is 13.3. The van der Waals surface area contributed by atoms with Crippen molar-refractivity contribution in [3.8, 4) is 0 Å². The zero-order chi connectivity index (χ0) is 13.0. The fourth-order valence-corrected chi connectivity index (χ4v) is 1.21. The van der Waals surface area contributed by atoms with Gasteiger partial charge in [-0.3, -0.25) is 14.9 Å². The van der Waals surface area contributed by atoms with E-state index in [4.69, 9.17) is 0 Å². The highest BCUT2D eigenvalue weighted by molar-refractivity contribution is 5.94. The normalized spacial score (nSPS) is 11.9. The Balaban J connectivity index is 2.90. The van der Waals surface area contributed by atoms with Crippen molar-refractivity contribution < 1.29 is 14.1 Å². The molecular weight excluding hydrogens is 227 g/mol. The molecule has 6 heteroatoms. The lowest BCUT2D eigenvalue weighted by Crippen LogP contribution is -2.31. The van der Waals surface area contributed by atoms with E-state index in [-0.39, 0.29) is 11.6 Å². The molecule has 1 rings (SSSR count). The molecule has 0 aromatic heterocycles. The summed E-state index contributed by atoms with van der Waals surface area (Å²) in [4.78, 5) is 21.2. The fraction of sp³-hybridized carbons (Fsp3) is 0.364. The predicted octanol–water partition coefficient (Wildman–Crippen LogP) is 2.26. The second-order valence-corrected chi connectivity index (χ2v) is 3.71. The van der Waals surface area contributed by atoms with Crippen LogP contribution in [0, 0.1) is 15.9 Å². The van der Waals surface area contributed by atoms with Crippen LogP contribution in [0.4, 0.5) is 10.1 Å². The summed E-state index contributed by atoms with van der Waals surface area (Å²) in [5.74, 6) is -1.44. The first-order valence-electron chi connectivity index (χ1n) is 5.20. The van der Waals surface area contributed by atoms with Gasteiger partial charge in [0.1, 0.15) is 0 Å². The van der Waals surface area contributed by atoms with Gasteiger partial charge in [-0.05, 0) is 25.5 Å². The van der Waals surface area contributed by atoms with E-state index in [1.165, 1.54) is 6.07 Å². The van der Waals surface area contributed by atoms with Crippen LogP contribution in [0.25, 0.3) is 0 Å². The first kappa shape index (κ1) is 13.1. The summed E-state index contributed by atoms with van der Waals surface area (Å²) >= 11 is 0. The number of carbonyl (C=O) groups is 1. The SMILES string of the molecule is CCC(C)NC(=O)c1ccc([N+](=O)[O-])c(F)c1. The number of carbonyl (C=O) groups excluding carboxylic acids is 1. The highest BCUT2D eigenvalue weighted by Crippen LogP contribution is 2.17. The first-order valence-corrected chi connectivity index (χ1v) is 5.20. The van der Waals surface area contributed by atoms with E-state index in [1.54, 1.807) is 0 Å². The molecule has 5 nitrogen and oxygen atoms in total. The van der Waals surface area contributed by atoms with Crippen molar-refractivity contribution in [3.05, 3.63) is 39.7 Å². The molecule has 0 fully saturated rings. The molecule has 0 bridgehead atoms. The molecule has 0 saturated carbocycles. The molecule has 0 radical (unpaired) electrons. The summed E-state index contributed by atoms with van der Waals surface area (Å²) in [6.45, 7) is 3.72. The summed E-state index contributed by atoms with van der Waals surface area (Å²) in [6.07, 6.45) is 0.751. The second kappa shape index (κ2) is 5.38. The topological polar surface area (TPSA) is 72.2 Å². The van der Waals surface area contributed by atoms with Gasteiger partial charge in [-0.2, -0.15) is 4.39 Å². The Morgan fingerprint density at radius 3 is 2.71 bits per heavy atom. The molecule has 17 heavy (non-hydrogen) atoms. The number of halogens is 1. The summed E-state index contributed by atoms with van der Waals surface area (Å²) in [6, 6.07) is 3.07. The Morgan fingerprint density at radius 1 is 1.59 bits per heavy atom. The lowest BCUT2D eigenvalue weighted by molar-refractivity contribution is -0.387. The largest absolute Gasteiger partial charge is 0.350 e. The number of hydrogen-bond acceptors (Lipinski definition) is 3. The van der Waals surface area contributed by atoms with Gasteiger partial charge in [-0.15, -0.1) is 0 Å². The quantitative estimate of drug-likeness (QED) is 0.648. The molecule has 0 spiro atoms. The number of amides is 1. The van der Waals surface area contributed by atoms with Gasteiger partial charge in [-0.1, -0.05) is 6.92 Å². The maximum absolute atomic E-state index is 13.3. The van der Waals surface area contributed by atoms with Crippen LogP contribution in [0.1, 0.15) is 30.6 Å². The van der Waals surface area contributed by atoms with Gasteiger partial charge < -0.3 is 5.32 Å². The van der Waals surface area contributed by atoms with Crippen molar-refractivity contribution in [2.24, 2.45) is 0 Å². The van der Waals surface area contributed by atoms with Crippen molar-refractivity contribution in [1.29, 1.82) is 0 Å². The average Bonchev–Trinajstić information content (AvgIpc) is 2.28. The number of hydrogen-bond donors (Lipinski definition) is 1. The predicted molar refractivity (Wildman–Crippen MR) is 60.3 cm³/mol. The molecule has 1 N–H and O–H groups in total. The van der Waals surface area contributed by atoms with E-state index < -0.39 is 22.3 Å². The third kappa shape index (κ3) is 3.24. The highest BCUT2D eigenvalue weighted by atomic mass is 19.1. The number of nitrogens with one attached hydrogen (secondary N) is 1. The third-order valence-corrected chi connectivity index (χ3v) is 2.40. The van der Waals surface area contributed by atoms with Crippen molar-refractivity contribution in [2.45, 2.75) is 26.3 Å². The standard InChI is InChI=1S/C11H13FN2O3/c1-3-7(2)13-11(15)8-4-5-10(14(16)17)9(12)6-8/h4-7H,3H2,1-2H3,(H,13,15). The molecule has 1 aromatic carbocycles. The molecule has 0 aliphatic carbocycles. The zero-order valence-electron chi connectivity index (χ0n) is 9.57. The van der Waals surface area contributed by atoms with Crippen molar-refractivity contribution in [2.75, 3.05) is 0 Å². The Labute approximate surface area is 97.8 Å². The third-order valence-electron chi connectivity index (χ3n) is 2.40. The maximum atomic E-state index is 13.3. The number of rotatable bonds is 4. The molecule has 92 valence electrons. The minimum atomic E-state index is -1.01. The Hall–Kier alpha value is -1.98. The van der Waals surface area contributed by atoms with Gasteiger partial charge in [-0.25, -0.2) is 0 Å². The summed E-state index contributed by atoms with van der Waals surface area (Å²) in [5.41, 5.74) is -0.557. The monoisotopic (exact) mass is 240 g/mol. The Bertz CT molecular complexity index is 448. The van der Waals surface area contributed by atoms with Gasteiger partial charge in [0.15, 0.2) is 0 Å². The summed E-state index contributed by atoms with van der Waals surface area (Å²) in [5, 5.41) is 13.0. The minimum Gasteiger partial charge on any atom is -0.350 e. The van der Waals surface area contributed by atoms with Crippen LogP contribution in [0.5, 0.6) is 0 Å². The van der Waals surface area contributed by atoms with E-state index in [0.717, 1.165) is 18.6 Å². The van der Waals surface area contributed by atoms with E-state index >= 15 is 0 Å². The second-order valence-electron chi connectivity index (χ2n) is 3.71. The molecule has 0 heterocycles. The maximum Gasteiger partial charge on any atom is 0.304 e. The minimum absolute atomic E-state index is 0.0271. The van der Waals surface area contributed by atoms with Crippen molar-refractivity contribution in [3.63, 3.8) is 0 Å². The van der Waals surface area contributed by atoms with Crippen LogP contribution in [-0.4, -0.2) is 16.9 Å². The molecule has 1 aromatic rings. The molecular formula is C11H13FN2O3. The Kier molecular flexibility index (Phi) is 4.14. The van der Waals surface area contributed by atoms with Crippen LogP contribution in [0.15, 0.2) is 18.2 Å². The van der Waals surface area contributed by atoms with Crippen LogP contribution in [-0.2, 0) is 0 Å². The molecule has 0 saturated heterocycles. The zero-order valence-corrected chi connectivity index (χ0v) is 9.57. The average molecular weight is 240 g/mol. The van der Waals surface area contributed by atoms with Gasteiger partial charge in [0.05, 0.1) is 4.92 Å². The van der Waals surface area contributed by atoms with Crippen LogP contribution in [0.2, 0.25) is 0 Å². The molecule has 1 atom stereocenters. The first-order chi connectivity index (χ1) is 7.95. The number of benzene rings is 1. The number of nitro groups is 1. The smallest absolute Gasteiger partial charge is 0.304 e. The van der Waals surface area contributed by atoms with E-state index in [2.05, 4.69) is 5.32 Å². The lowest BCUT2D eigenvalue weighted by Gasteiger charge is -2.11. The van der Waals surface area contributed by atoms with E-state index in [9.17, 15) is 19.3 Å². The molecule has 1 unspecified atom stereocenters. The molecule has 1 amide bonds. The van der Waals surface area contributed by atoms with Crippen LogP contribution < -0.4 is 5.32 Å². The fourth-order valence-electron chi connectivity index (χ4n) is 1.21. The van der Waals surface area contributed by atoms with E-state index in [1.807, 2.05) is 13.8 Å². The van der Waals surface area contributed by atoms with Gasteiger partial charge in [0.2, 0.25) is 5.82 Å². The Morgan fingerprint density at radius 2 is 2.24 bits per heavy atom. The van der Waals surface area contributed by atoms with Crippen molar-refractivity contribution in [1.82, 2.24) is 5.32 Å². The van der Waals surface area contributed by atoms with Gasteiger partial charge in [0, 0.05) is 17.7 Å². The molecule has 0 aliphatic heterocycles. The number of nitro benzene ring substituents is 1. The van der Waals surface area contributed by atoms with Crippen molar-refractivity contribution >= 4 is 11.6 Å². The van der Waals surface area contributed by atoms with E-state index in [0.29, 0.717) is 0 Å².